The van der Waals surface area contributed by atoms with E-state index < -0.39 is 23.7 Å². The summed E-state index contributed by atoms with van der Waals surface area (Å²) < 4.78 is 30.9. The highest BCUT2D eigenvalue weighted by Gasteiger charge is 2.56. The fourth-order valence-corrected chi connectivity index (χ4v) is 7.05. The summed E-state index contributed by atoms with van der Waals surface area (Å²) in [5, 5.41) is 10.9. The summed E-state index contributed by atoms with van der Waals surface area (Å²) in [5.41, 5.74) is 3.68. The number of benzene rings is 1. The molecular weight excluding hydrogens is 396 g/mol. The lowest BCUT2D eigenvalue weighted by Crippen LogP contribution is -2.45. The highest BCUT2D eigenvalue weighted by Crippen LogP contribution is 2.64. The molecule has 0 saturated heterocycles. The first-order valence-electron chi connectivity index (χ1n) is 11.5. The average molecular weight is 428 g/mol. The van der Waals surface area contributed by atoms with Crippen molar-refractivity contribution in [2.45, 2.75) is 63.9 Å². The van der Waals surface area contributed by atoms with Gasteiger partial charge in [-0.05, 0) is 85.1 Å². The lowest BCUT2D eigenvalue weighted by Gasteiger charge is -2.52. The van der Waals surface area contributed by atoms with Gasteiger partial charge in [0.15, 0.2) is 5.78 Å². The number of hydrogen-bond donors (Lipinski definition) is 1. The van der Waals surface area contributed by atoms with Crippen LogP contribution in [0.25, 0.3) is 0 Å². The molecule has 5 rings (SSSR count). The number of aliphatic hydroxyl groups is 1. The predicted octanol–water partition coefficient (Wildman–Crippen LogP) is 5.29. The standard InChI is InChI=1S/C26H31F2NO2/c1-26-13-19(25-21(27)11-15(29(2)3)12-22(25)28)24-17-7-5-16(30)10-14(17)4-6-18(24)20(26)8-9-23(26)31/h10-12,18-20,23,31H,4-9,13H2,1-3H3. The minimum absolute atomic E-state index is 0.134. The largest absolute Gasteiger partial charge is 0.393 e. The SMILES string of the molecule is CN(C)c1cc(F)c(C2CC3(C)C(O)CCC3C3CCC4=CC(=O)CCC4=C23)c(F)c1. The second kappa shape index (κ2) is 7.26. The molecule has 0 amide bonds. The first-order valence-corrected chi connectivity index (χ1v) is 11.5. The van der Waals surface area contributed by atoms with Crippen molar-refractivity contribution in [3.8, 4) is 0 Å². The summed E-state index contributed by atoms with van der Waals surface area (Å²) in [6, 6.07) is 2.84. The zero-order valence-electron chi connectivity index (χ0n) is 18.5. The van der Waals surface area contributed by atoms with Gasteiger partial charge in [0.1, 0.15) is 11.6 Å². The van der Waals surface area contributed by atoms with Crippen LogP contribution in [-0.2, 0) is 4.79 Å². The van der Waals surface area contributed by atoms with Gasteiger partial charge in [-0.1, -0.05) is 12.5 Å². The van der Waals surface area contributed by atoms with Crippen LogP contribution in [-0.4, -0.2) is 31.1 Å². The van der Waals surface area contributed by atoms with Crippen molar-refractivity contribution in [3.05, 3.63) is 52.1 Å². The van der Waals surface area contributed by atoms with Crippen molar-refractivity contribution in [3.63, 3.8) is 0 Å². The lowest BCUT2D eigenvalue weighted by molar-refractivity contribution is -0.114. The van der Waals surface area contributed by atoms with E-state index in [0.29, 0.717) is 30.9 Å². The van der Waals surface area contributed by atoms with Crippen LogP contribution in [0.15, 0.2) is 34.9 Å². The fourth-order valence-electron chi connectivity index (χ4n) is 7.05. The van der Waals surface area contributed by atoms with Gasteiger partial charge in [-0.3, -0.25) is 4.79 Å². The monoisotopic (exact) mass is 427 g/mol. The van der Waals surface area contributed by atoms with Crippen LogP contribution in [0.5, 0.6) is 0 Å². The smallest absolute Gasteiger partial charge is 0.156 e. The van der Waals surface area contributed by atoms with Gasteiger partial charge in [0, 0.05) is 37.7 Å². The number of hydrogen-bond acceptors (Lipinski definition) is 3. The maximum Gasteiger partial charge on any atom is 0.156 e. The van der Waals surface area contributed by atoms with E-state index in [2.05, 4.69) is 6.92 Å². The molecule has 2 fully saturated rings. The molecule has 0 bridgehead atoms. The molecule has 3 nitrogen and oxygen atoms in total. The van der Waals surface area contributed by atoms with Gasteiger partial charge in [0.25, 0.3) is 0 Å². The normalized spacial score (nSPS) is 34.8. The topological polar surface area (TPSA) is 40.5 Å². The Morgan fingerprint density at radius 2 is 1.77 bits per heavy atom. The molecule has 1 aromatic carbocycles. The van der Waals surface area contributed by atoms with E-state index in [-0.39, 0.29) is 22.7 Å². The Morgan fingerprint density at radius 1 is 1.06 bits per heavy atom. The summed E-state index contributed by atoms with van der Waals surface area (Å²) in [6.07, 6.45) is 6.43. The molecule has 5 heteroatoms. The summed E-state index contributed by atoms with van der Waals surface area (Å²) >= 11 is 0. The number of aliphatic hydroxyl groups excluding tert-OH is 1. The average Bonchev–Trinajstić information content (AvgIpc) is 3.01. The third kappa shape index (κ3) is 3.11. The first kappa shape index (κ1) is 20.9. The van der Waals surface area contributed by atoms with Crippen LogP contribution >= 0.6 is 0 Å². The van der Waals surface area contributed by atoms with E-state index in [1.54, 1.807) is 25.1 Å². The van der Waals surface area contributed by atoms with Gasteiger partial charge in [-0.2, -0.15) is 0 Å². The molecule has 5 atom stereocenters. The van der Waals surface area contributed by atoms with Crippen molar-refractivity contribution >= 4 is 11.5 Å². The third-order valence-corrected chi connectivity index (χ3v) is 8.61. The number of halogens is 2. The number of carbonyl (C=O) groups is 1. The van der Waals surface area contributed by atoms with Gasteiger partial charge in [-0.25, -0.2) is 8.78 Å². The molecule has 1 aromatic rings. The maximum atomic E-state index is 15.4. The summed E-state index contributed by atoms with van der Waals surface area (Å²) in [5.74, 6) is -0.738. The van der Waals surface area contributed by atoms with Crippen molar-refractivity contribution in [2.75, 3.05) is 19.0 Å². The van der Waals surface area contributed by atoms with E-state index in [1.165, 1.54) is 17.7 Å². The number of anilines is 1. The Hall–Kier alpha value is -2.01. The van der Waals surface area contributed by atoms with Gasteiger partial charge < -0.3 is 10.0 Å². The minimum atomic E-state index is -0.516. The van der Waals surface area contributed by atoms with Gasteiger partial charge in [-0.15, -0.1) is 0 Å². The molecule has 2 saturated carbocycles. The Bertz CT molecular complexity index is 988. The van der Waals surface area contributed by atoms with E-state index in [1.807, 2.05) is 0 Å². The molecule has 4 aliphatic carbocycles. The van der Waals surface area contributed by atoms with Crippen LogP contribution in [0.3, 0.4) is 0 Å². The number of rotatable bonds is 2. The number of allylic oxidation sites excluding steroid dienone is 4. The number of carbonyl (C=O) groups excluding carboxylic acids is 1. The number of nitrogens with zero attached hydrogens (tertiary/aromatic N) is 1. The highest BCUT2D eigenvalue weighted by atomic mass is 19.1. The second-order valence-corrected chi connectivity index (χ2v) is 10.4. The van der Waals surface area contributed by atoms with Crippen molar-refractivity contribution in [2.24, 2.45) is 17.3 Å². The third-order valence-electron chi connectivity index (χ3n) is 8.61. The van der Waals surface area contributed by atoms with Gasteiger partial charge in [0.05, 0.1) is 6.10 Å². The van der Waals surface area contributed by atoms with Crippen molar-refractivity contribution in [1.29, 1.82) is 0 Å². The van der Waals surface area contributed by atoms with Crippen LogP contribution in [0, 0.1) is 28.9 Å². The van der Waals surface area contributed by atoms with Gasteiger partial charge >= 0.3 is 0 Å². The summed E-state index contributed by atoms with van der Waals surface area (Å²) in [4.78, 5) is 13.8. The number of fused-ring (bicyclic) bond motifs is 4. The van der Waals surface area contributed by atoms with Crippen molar-refractivity contribution < 1.29 is 18.7 Å². The predicted molar refractivity (Wildman–Crippen MR) is 117 cm³/mol. The minimum Gasteiger partial charge on any atom is -0.393 e. The van der Waals surface area contributed by atoms with Crippen LogP contribution in [0.1, 0.15) is 63.4 Å². The molecule has 0 heterocycles. The highest BCUT2D eigenvalue weighted by molar-refractivity contribution is 5.93. The Labute approximate surface area is 182 Å². The molecule has 0 aliphatic heterocycles. The van der Waals surface area contributed by atoms with E-state index in [4.69, 9.17) is 0 Å². The maximum absolute atomic E-state index is 15.4. The van der Waals surface area contributed by atoms with Crippen molar-refractivity contribution in [1.82, 2.24) is 0 Å². The zero-order chi connectivity index (χ0) is 22.1. The molecule has 4 aliphatic rings. The molecule has 1 N–H and O–H groups in total. The Kier molecular flexibility index (Phi) is 4.89. The molecule has 31 heavy (non-hydrogen) atoms. The molecule has 0 radical (unpaired) electrons. The van der Waals surface area contributed by atoms with Crippen LogP contribution < -0.4 is 4.90 Å². The lowest BCUT2D eigenvalue weighted by atomic mass is 9.53. The van der Waals surface area contributed by atoms with Crippen LogP contribution in [0.4, 0.5) is 14.5 Å². The van der Waals surface area contributed by atoms with Crippen LogP contribution in [0.2, 0.25) is 0 Å². The molecule has 0 aromatic heterocycles. The first-order chi connectivity index (χ1) is 14.7. The molecule has 5 unspecified atom stereocenters. The summed E-state index contributed by atoms with van der Waals surface area (Å²) in [6.45, 7) is 2.11. The molecule has 166 valence electrons. The molecular formula is C26H31F2NO2. The second-order valence-electron chi connectivity index (χ2n) is 10.4. The van der Waals surface area contributed by atoms with E-state index in [0.717, 1.165) is 36.8 Å². The van der Waals surface area contributed by atoms with E-state index in [9.17, 15) is 9.90 Å². The fraction of sp³-hybridized carbons (Fsp3) is 0.577. The Balaban J connectivity index is 1.71. The quantitative estimate of drug-likeness (QED) is 0.697. The molecule has 0 spiro atoms. The number of ketones is 1. The summed E-state index contributed by atoms with van der Waals surface area (Å²) in [7, 11) is 3.54. The van der Waals surface area contributed by atoms with E-state index >= 15 is 8.78 Å². The Morgan fingerprint density at radius 3 is 2.45 bits per heavy atom. The zero-order valence-corrected chi connectivity index (χ0v) is 18.5. The van der Waals surface area contributed by atoms with Gasteiger partial charge in [0.2, 0.25) is 0 Å².